The molecule has 2 nitrogen and oxygen atoms in total. The molecule has 0 N–H and O–H groups in total. The third-order valence-corrected chi connectivity index (χ3v) is 4.46. The molecule has 1 aromatic carbocycles. The lowest BCUT2D eigenvalue weighted by Gasteiger charge is -2.18. The lowest BCUT2D eigenvalue weighted by molar-refractivity contribution is 0.104. The molecule has 3 rings (SSSR count). The first kappa shape index (κ1) is 14.0. The molecule has 0 radical (unpaired) electrons. The van der Waals surface area contributed by atoms with Crippen molar-refractivity contribution < 1.29 is 9.18 Å². The van der Waals surface area contributed by atoms with Crippen LogP contribution in [0.25, 0.3) is 6.08 Å². The molecule has 0 atom stereocenters. The summed E-state index contributed by atoms with van der Waals surface area (Å²) in [5.74, 6) is -0.484. The van der Waals surface area contributed by atoms with Crippen LogP contribution in [0.15, 0.2) is 41.8 Å². The van der Waals surface area contributed by atoms with Gasteiger partial charge in [0.15, 0.2) is 5.78 Å². The Bertz CT molecular complexity index is 657. The smallest absolute Gasteiger partial charge is 0.185 e. The number of benzene rings is 1. The van der Waals surface area contributed by atoms with Crippen LogP contribution < -0.4 is 4.90 Å². The molecule has 1 fully saturated rings. The molecule has 0 aliphatic carbocycles. The number of ketones is 1. The molecule has 4 heteroatoms. The Morgan fingerprint density at radius 2 is 2.05 bits per heavy atom. The van der Waals surface area contributed by atoms with E-state index in [1.807, 2.05) is 22.4 Å². The third-order valence-electron chi connectivity index (χ3n) is 3.62. The number of allylic oxidation sites excluding steroid dienone is 1. The van der Waals surface area contributed by atoms with Gasteiger partial charge in [-0.2, -0.15) is 0 Å². The molecular weight excluding hydrogens is 285 g/mol. The van der Waals surface area contributed by atoms with Gasteiger partial charge in [-0.25, -0.2) is 4.39 Å². The molecule has 0 spiro atoms. The van der Waals surface area contributed by atoms with Crippen molar-refractivity contribution in [3.63, 3.8) is 0 Å². The molecule has 1 aliphatic rings. The standard InChI is InChI=1S/C17H16FNOS/c18-15-12-13(5-7-16(15)19-9-1-2-10-19)17(20)8-6-14-4-3-11-21-14/h3-8,11-12H,1-2,9-10H2/b8-6+. The fraction of sp³-hybridized carbons (Fsp3) is 0.235. The largest absolute Gasteiger partial charge is 0.369 e. The summed E-state index contributed by atoms with van der Waals surface area (Å²) in [6.07, 6.45) is 5.46. The molecule has 1 saturated heterocycles. The highest BCUT2D eigenvalue weighted by molar-refractivity contribution is 7.10. The van der Waals surface area contributed by atoms with E-state index in [-0.39, 0.29) is 11.6 Å². The van der Waals surface area contributed by atoms with Crippen LogP contribution in [0.4, 0.5) is 10.1 Å². The highest BCUT2D eigenvalue weighted by Gasteiger charge is 2.17. The topological polar surface area (TPSA) is 20.3 Å². The van der Waals surface area contributed by atoms with Crippen molar-refractivity contribution in [2.75, 3.05) is 18.0 Å². The van der Waals surface area contributed by atoms with E-state index in [9.17, 15) is 9.18 Å². The highest BCUT2D eigenvalue weighted by atomic mass is 32.1. The second-order valence-electron chi connectivity index (χ2n) is 5.07. The first-order valence-electron chi connectivity index (χ1n) is 7.04. The molecule has 2 heterocycles. The number of rotatable bonds is 4. The summed E-state index contributed by atoms with van der Waals surface area (Å²) in [5.41, 5.74) is 0.995. The maximum Gasteiger partial charge on any atom is 0.185 e. The summed E-state index contributed by atoms with van der Waals surface area (Å²) in [6, 6.07) is 8.63. The Balaban J connectivity index is 1.76. The van der Waals surface area contributed by atoms with Gasteiger partial charge in [0.2, 0.25) is 0 Å². The van der Waals surface area contributed by atoms with Crippen LogP contribution in [-0.2, 0) is 0 Å². The van der Waals surface area contributed by atoms with Crippen LogP contribution in [0.3, 0.4) is 0 Å². The van der Waals surface area contributed by atoms with Gasteiger partial charge >= 0.3 is 0 Å². The maximum atomic E-state index is 14.2. The van der Waals surface area contributed by atoms with Gasteiger partial charge in [0.05, 0.1) is 5.69 Å². The predicted octanol–water partition coefficient (Wildman–Crippen LogP) is 4.38. The van der Waals surface area contributed by atoms with Crippen LogP contribution in [0, 0.1) is 5.82 Å². The first-order valence-corrected chi connectivity index (χ1v) is 7.92. The summed E-state index contributed by atoms with van der Waals surface area (Å²) in [6.45, 7) is 1.78. The Hall–Kier alpha value is -1.94. The minimum absolute atomic E-state index is 0.171. The van der Waals surface area contributed by atoms with Crippen LogP contribution >= 0.6 is 11.3 Å². The number of thiophene rings is 1. The third kappa shape index (κ3) is 3.22. The monoisotopic (exact) mass is 301 g/mol. The van der Waals surface area contributed by atoms with Crippen molar-refractivity contribution in [2.45, 2.75) is 12.8 Å². The zero-order valence-corrected chi connectivity index (χ0v) is 12.4. The summed E-state index contributed by atoms with van der Waals surface area (Å²) < 4.78 is 14.2. The van der Waals surface area contributed by atoms with Crippen molar-refractivity contribution in [3.05, 3.63) is 58.0 Å². The Kier molecular flexibility index (Phi) is 4.15. The van der Waals surface area contributed by atoms with Crippen molar-refractivity contribution >= 4 is 28.9 Å². The molecule has 1 aromatic heterocycles. The van der Waals surface area contributed by atoms with Crippen molar-refractivity contribution in [1.29, 1.82) is 0 Å². The highest BCUT2D eigenvalue weighted by Crippen LogP contribution is 2.24. The number of hydrogen-bond donors (Lipinski definition) is 0. The predicted molar refractivity (Wildman–Crippen MR) is 85.5 cm³/mol. The molecule has 108 valence electrons. The molecule has 0 amide bonds. The van der Waals surface area contributed by atoms with E-state index in [1.165, 1.54) is 12.1 Å². The van der Waals surface area contributed by atoms with Crippen LogP contribution in [0.2, 0.25) is 0 Å². The van der Waals surface area contributed by atoms with Gasteiger partial charge in [-0.1, -0.05) is 6.07 Å². The molecular formula is C17H16FNOS. The molecule has 21 heavy (non-hydrogen) atoms. The summed E-state index contributed by atoms with van der Waals surface area (Å²) in [7, 11) is 0. The average molecular weight is 301 g/mol. The maximum absolute atomic E-state index is 14.2. The van der Waals surface area contributed by atoms with E-state index in [0.29, 0.717) is 11.3 Å². The normalized spacial score (nSPS) is 15.0. The van der Waals surface area contributed by atoms with E-state index >= 15 is 0 Å². The lowest BCUT2D eigenvalue weighted by Crippen LogP contribution is -2.19. The van der Waals surface area contributed by atoms with E-state index in [2.05, 4.69) is 0 Å². The molecule has 0 saturated carbocycles. The minimum atomic E-state index is -0.313. The van der Waals surface area contributed by atoms with E-state index in [1.54, 1.807) is 29.5 Å². The van der Waals surface area contributed by atoms with E-state index in [4.69, 9.17) is 0 Å². The lowest BCUT2D eigenvalue weighted by atomic mass is 10.1. The summed E-state index contributed by atoms with van der Waals surface area (Å²) >= 11 is 1.56. The van der Waals surface area contributed by atoms with Crippen molar-refractivity contribution in [1.82, 2.24) is 0 Å². The molecule has 2 aromatic rings. The van der Waals surface area contributed by atoms with Crippen LogP contribution in [0.5, 0.6) is 0 Å². The van der Waals surface area contributed by atoms with Crippen LogP contribution in [0.1, 0.15) is 28.1 Å². The van der Waals surface area contributed by atoms with Gasteiger partial charge < -0.3 is 4.90 Å². The SMILES string of the molecule is O=C(/C=C/c1cccs1)c1ccc(N2CCCC2)c(F)c1. The molecule has 0 bridgehead atoms. The average Bonchev–Trinajstić information content (AvgIpc) is 3.17. The molecule has 0 unspecified atom stereocenters. The van der Waals surface area contributed by atoms with Crippen molar-refractivity contribution in [3.8, 4) is 0 Å². The number of halogens is 1. The van der Waals surface area contributed by atoms with Gasteiger partial charge in [-0.05, 0) is 54.6 Å². The van der Waals surface area contributed by atoms with Gasteiger partial charge in [0, 0.05) is 23.5 Å². The van der Waals surface area contributed by atoms with Crippen LogP contribution in [-0.4, -0.2) is 18.9 Å². The van der Waals surface area contributed by atoms with Gasteiger partial charge in [0.25, 0.3) is 0 Å². The van der Waals surface area contributed by atoms with Gasteiger partial charge in [0.1, 0.15) is 5.82 Å². The van der Waals surface area contributed by atoms with Gasteiger partial charge in [-0.3, -0.25) is 4.79 Å². The zero-order chi connectivity index (χ0) is 14.7. The van der Waals surface area contributed by atoms with E-state index in [0.717, 1.165) is 30.8 Å². The summed E-state index contributed by atoms with van der Waals surface area (Å²) in [4.78, 5) is 15.1. The fourth-order valence-corrected chi connectivity index (χ4v) is 3.13. The van der Waals surface area contributed by atoms with Gasteiger partial charge in [-0.15, -0.1) is 11.3 Å². The fourth-order valence-electron chi connectivity index (χ4n) is 2.51. The second kappa shape index (κ2) is 6.22. The number of nitrogens with zero attached hydrogens (tertiary/aromatic N) is 1. The first-order chi connectivity index (χ1) is 10.2. The quantitative estimate of drug-likeness (QED) is 0.617. The number of carbonyl (C=O) groups excluding carboxylic acids is 1. The minimum Gasteiger partial charge on any atom is -0.369 e. The van der Waals surface area contributed by atoms with Crippen molar-refractivity contribution in [2.24, 2.45) is 0 Å². The zero-order valence-electron chi connectivity index (χ0n) is 11.6. The Morgan fingerprint density at radius 1 is 1.24 bits per heavy atom. The summed E-state index contributed by atoms with van der Waals surface area (Å²) in [5, 5.41) is 1.95. The van der Waals surface area contributed by atoms with E-state index < -0.39 is 0 Å². The number of hydrogen-bond acceptors (Lipinski definition) is 3. The number of anilines is 1. The molecule has 1 aliphatic heterocycles. The second-order valence-corrected chi connectivity index (χ2v) is 6.05. The Morgan fingerprint density at radius 3 is 2.71 bits per heavy atom. The Labute approximate surface area is 127 Å². The number of carbonyl (C=O) groups is 1.